The van der Waals surface area contributed by atoms with Crippen molar-refractivity contribution in [2.45, 2.75) is 25.8 Å². The Morgan fingerprint density at radius 2 is 2.00 bits per heavy atom. The molecule has 0 fully saturated rings. The number of rotatable bonds is 5. The number of nitrogens with zero attached hydrogens (tertiary/aromatic N) is 1. The Kier molecular flexibility index (Phi) is 4.14. The van der Waals surface area contributed by atoms with Crippen LogP contribution in [0.3, 0.4) is 0 Å². The van der Waals surface area contributed by atoms with Crippen LogP contribution >= 0.6 is 0 Å². The van der Waals surface area contributed by atoms with Gasteiger partial charge in [-0.1, -0.05) is 35.5 Å². The summed E-state index contributed by atoms with van der Waals surface area (Å²) in [6.45, 7) is 0.279. The molecule has 1 aromatic heterocycles. The standard InChI is InChI=1S/C17H16N2O3/c20-16-7-6-14(12-4-2-1-3-5-12)15(16)10-17(21)18-11-13-8-9-19-22-13/h1-5,8-9H,6-7,10-11H2,(H,18,21). The SMILES string of the molecule is O=C(CC1=C(c2ccccc2)CCC1=O)NCc1ccno1. The van der Waals surface area contributed by atoms with Crippen molar-refractivity contribution in [3.05, 3.63) is 59.5 Å². The molecule has 0 unspecified atom stereocenters. The van der Waals surface area contributed by atoms with Crippen molar-refractivity contribution in [3.8, 4) is 0 Å². The third kappa shape index (κ3) is 3.14. The molecule has 1 N–H and O–H groups in total. The Hall–Kier alpha value is -2.69. The lowest BCUT2D eigenvalue weighted by Gasteiger charge is -2.07. The normalized spacial score (nSPS) is 14.5. The fourth-order valence-electron chi connectivity index (χ4n) is 2.61. The molecular formula is C17H16N2O3. The molecule has 112 valence electrons. The maximum Gasteiger partial charge on any atom is 0.224 e. The lowest BCUT2D eigenvalue weighted by molar-refractivity contribution is -0.122. The second kappa shape index (κ2) is 6.39. The zero-order valence-electron chi connectivity index (χ0n) is 12.0. The highest BCUT2D eigenvalue weighted by Gasteiger charge is 2.25. The van der Waals surface area contributed by atoms with Crippen LogP contribution in [0.5, 0.6) is 0 Å². The summed E-state index contributed by atoms with van der Waals surface area (Å²) in [5.74, 6) is 0.465. The second-order valence-electron chi connectivity index (χ2n) is 5.18. The number of benzene rings is 1. The van der Waals surface area contributed by atoms with Gasteiger partial charge in [-0.2, -0.15) is 0 Å². The maximum atomic E-state index is 12.1. The number of allylic oxidation sites excluding steroid dienone is 1. The van der Waals surface area contributed by atoms with Gasteiger partial charge in [-0.15, -0.1) is 0 Å². The van der Waals surface area contributed by atoms with Gasteiger partial charge >= 0.3 is 0 Å². The molecule has 1 amide bonds. The molecule has 1 aliphatic rings. The zero-order chi connectivity index (χ0) is 15.4. The number of carbonyl (C=O) groups excluding carboxylic acids is 2. The Morgan fingerprint density at radius 1 is 1.18 bits per heavy atom. The molecule has 22 heavy (non-hydrogen) atoms. The number of amides is 1. The van der Waals surface area contributed by atoms with E-state index >= 15 is 0 Å². The van der Waals surface area contributed by atoms with Crippen LogP contribution in [-0.4, -0.2) is 16.8 Å². The molecule has 5 heteroatoms. The van der Waals surface area contributed by atoms with Gasteiger partial charge < -0.3 is 9.84 Å². The minimum Gasteiger partial charge on any atom is -0.360 e. The molecule has 0 bridgehead atoms. The summed E-state index contributed by atoms with van der Waals surface area (Å²) in [7, 11) is 0. The van der Waals surface area contributed by atoms with Crippen molar-refractivity contribution in [3.63, 3.8) is 0 Å². The molecular weight excluding hydrogens is 280 g/mol. The highest BCUT2D eigenvalue weighted by Crippen LogP contribution is 2.33. The second-order valence-corrected chi connectivity index (χ2v) is 5.18. The molecule has 1 aromatic carbocycles. The van der Waals surface area contributed by atoms with Crippen molar-refractivity contribution in [2.24, 2.45) is 0 Å². The molecule has 0 spiro atoms. The van der Waals surface area contributed by atoms with Gasteiger partial charge in [0.25, 0.3) is 0 Å². The fraction of sp³-hybridized carbons (Fsp3) is 0.235. The van der Waals surface area contributed by atoms with Crippen LogP contribution in [0.25, 0.3) is 5.57 Å². The van der Waals surface area contributed by atoms with E-state index in [1.165, 1.54) is 6.20 Å². The Balaban J connectivity index is 1.71. The van der Waals surface area contributed by atoms with E-state index in [1.54, 1.807) is 6.07 Å². The van der Waals surface area contributed by atoms with Crippen molar-refractivity contribution in [1.29, 1.82) is 0 Å². The smallest absolute Gasteiger partial charge is 0.224 e. The van der Waals surface area contributed by atoms with Crippen LogP contribution in [-0.2, 0) is 16.1 Å². The Labute approximate surface area is 128 Å². The molecule has 1 heterocycles. The molecule has 5 nitrogen and oxygen atoms in total. The lowest BCUT2D eigenvalue weighted by Crippen LogP contribution is -2.23. The van der Waals surface area contributed by atoms with Gasteiger partial charge in [-0.05, 0) is 17.6 Å². The van der Waals surface area contributed by atoms with Crippen LogP contribution in [0, 0.1) is 0 Å². The van der Waals surface area contributed by atoms with Gasteiger partial charge in [0.15, 0.2) is 11.5 Å². The van der Waals surface area contributed by atoms with E-state index in [2.05, 4.69) is 10.5 Å². The van der Waals surface area contributed by atoms with Crippen LogP contribution < -0.4 is 5.32 Å². The molecule has 0 atom stereocenters. The first kappa shape index (κ1) is 14.3. The summed E-state index contributed by atoms with van der Waals surface area (Å²) in [5.41, 5.74) is 2.63. The van der Waals surface area contributed by atoms with Gasteiger partial charge in [-0.25, -0.2) is 0 Å². The summed E-state index contributed by atoms with van der Waals surface area (Å²) in [6, 6.07) is 11.4. The first-order valence-electron chi connectivity index (χ1n) is 7.21. The van der Waals surface area contributed by atoms with Gasteiger partial charge in [0.2, 0.25) is 5.91 Å². The fourth-order valence-corrected chi connectivity index (χ4v) is 2.61. The molecule has 0 saturated carbocycles. The molecule has 3 rings (SSSR count). The van der Waals surface area contributed by atoms with E-state index in [4.69, 9.17) is 4.52 Å². The minimum absolute atomic E-state index is 0.0636. The van der Waals surface area contributed by atoms with E-state index in [9.17, 15) is 9.59 Å². The highest BCUT2D eigenvalue weighted by molar-refractivity contribution is 6.10. The molecule has 1 aliphatic carbocycles. The number of carbonyl (C=O) groups is 2. The molecule has 0 aliphatic heterocycles. The van der Waals surface area contributed by atoms with E-state index in [-0.39, 0.29) is 24.7 Å². The Bertz CT molecular complexity index is 703. The first-order chi connectivity index (χ1) is 10.7. The van der Waals surface area contributed by atoms with Gasteiger partial charge in [0.1, 0.15) is 0 Å². The van der Waals surface area contributed by atoms with Gasteiger partial charge in [-0.3, -0.25) is 9.59 Å². The number of nitrogens with one attached hydrogen (secondary N) is 1. The van der Waals surface area contributed by atoms with Gasteiger partial charge in [0, 0.05) is 18.1 Å². The van der Waals surface area contributed by atoms with E-state index in [0.29, 0.717) is 24.2 Å². The van der Waals surface area contributed by atoms with Crippen LogP contribution in [0.15, 0.2) is 52.7 Å². The molecule has 0 saturated heterocycles. The monoisotopic (exact) mass is 296 g/mol. The van der Waals surface area contributed by atoms with Crippen molar-refractivity contribution < 1.29 is 14.1 Å². The van der Waals surface area contributed by atoms with Crippen LogP contribution in [0.2, 0.25) is 0 Å². The molecule has 2 aromatic rings. The van der Waals surface area contributed by atoms with E-state index in [0.717, 1.165) is 11.1 Å². The average Bonchev–Trinajstić information content (AvgIpc) is 3.17. The number of Topliss-reactive ketones (excluding diaryl/α,β-unsaturated/α-hetero) is 1. The van der Waals surface area contributed by atoms with E-state index in [1.807, 2.05) is 30.3 Å². The summed E-state index contributed by atoms with van der Waals surface area (Å²) < 4.78 is 4.92. The predicted octanol–water partition coefficient (Wildman–Crippen LogP) is 2.50. The number of ketones is 1. The summed E-state index contributed by atoms with van der Waals surface area (Å²) in [4.78, 5) is 24.1. The van der Waals surface area contributed by atoms with Crippen molar-refractivity contribution >= 4 is 17.3 Å². The number of aromatic nitrogens is 1. The predicted molar refractivity (Wildman–Crippen MR) is 80.6 cm³/mol. The quantitative estimate of drug-likeness (QED) is 0.920. The third-order valence-corrected chi connectivity index (χ3v) is 3.71. The topological polar surface area (TPSA) is 72.2 Å². The summed E-state index contributed by atoms with van der Waals surface area (Å²) in [6.07, 6.45) is 2.82. The highest BCUT2D eigenvalue weighted by atomic mass is 16.5. The largest absolute Gasteiger partial charge is 0.360 e. The van der Waals surface area contributed by atoms with Crippen LogP contribution in [0.1, 0.15) is 30.6 Å². The average molecular weight is 296 g/mol. The van der Waals surface area contributed by atoms with Crippen LogP contribution in [0.4, 0.5) is 0 Å². The first-order valence-corrected chi connectivity index (χ1v) is 7.21. The molecule has 0 radical (unpaired) electrons. The van der Waals surface area contributed by atoms with E-state index < -0.39 is 0 Å². The Morgan fingerprint density at radius 3 is 2.73 bits per heavy atom. The zero-order valence-corrected chi connectivity index (χ0v) is 12.0. The van der Waals surface area contributed by atoms with Gasteiger partial charge in [0.05, 0.1) is 19.2 Å². The maximum absolute atomic E-state index is 12.1. The van der Waals surface area contributed by atoms with Crippen molar-refractivity contribution in [2.75, 3.05) is 0 Å². The summed E-state index contributed by atoms with van der Waals surface area (Å²) >= 11 is 0. The lowest BCUT2D eigenvalue weighted by atomic mass is 10.00. The number of hydrogen-bond donors (Lipinski definition) is 1. The minimum atomic E-state index is -0.185. The summed E-state index contributed by atoms with van der Waals surface area (Å²) in [5, 5.41) is 6.32. The number of hydrogen-bond acceptors (Lipinski definition) is 4. The third-order valence-electron chi connectivity index (χ3n) is 3.71. The van der Waals surface area contributed by atoms with Crippen molar-refractivity contribution in [1.82, 2.24) is 10.5 Å².